The van der Waals surface area contributed by atoms with Crippen LogP contribution in [0.5, 0.6) is 0 Å². The lowest BCUT2D eigenvalue weighted by atomic mass is 9.76. The minimum Gasteiger partial charge on any atom is -0.392 e. The van der Waals surface area contributed by atoms with E-state index in [0.717, 1.165) is 124 Å². The third-order valence-electron chi connectivity index (χ3n) is 22.5. The van der Waals surface area contributed by atoms with Crippen LogP contribution in [0.25, 0.3) is 0 Å². The van der Waals surface area contributed by atoms with Crippen molar-refractivity contribution in [3.63, 3.8) is 0 Å². The van der Waals surface area contributed by atoms with Crippen molar-refractivity contribution in [3.8, 4) is 0 Å². The van der Waals surface area contributed by atoms with Gasteiger partial charge in [0, 0.05) is 268 Å². The summed E-state index contributed by atoms with van der Waals surface area (Å²) in [5.41, 5.74) is -2.82. The van der Waals surface area contributed by atoms with Crippen molar-refractivity contribution in [2.75, 3.05) is 229 Å². The van der Waals surface area contributed by atoms with Gasteiger partial charge in [-0.15, -0.1) is 0 Å². The van der Waals surface area contributed by atoms with Crippen LogP contribution in [0.3, 0.4) is 0 Å². The van der Waals surface area contributed by atoms with Gasteiger partial charge in [-0.2, -0.15) is 0 Å². The fraction of sp³-hybridized carbons (Fsp3) is 0.905. The number of methoxy groups -OCH3 is 1. The Balaban J connectivity index is -0.000000706. The van der Waals surface area contributed by atoms with Crippen LogP contribution in [0.4, 0.5) is 0 Å². The molecule has 7 rings (SSSR count). The molecule has 10 amide bonds. The van der Waals surface area contributed by atoms with Gasteiger partial charge in [0.2, 0.25) is 59.1 Å². The highest BCUT2D eigenvalue weighted by Gasteiger charge is 2.52. The number of aliphatic hydroxyl groups excluding tert-OH is 3. The number of carbonyl (C=O) groups excluding carboxylic acids is 10. The number of nitrogens with zero attached hydrogens (tertiary/aromatic N) is 12. The van der Waals surface area contributed by atoms with Crippen molar-refractivity contribution >= 4 is 59.1 Å². The molecular formula is C105H210N12O19. The number of hydrogen-bond acceptors (Lipinski definition) is 21. The molecule has 31 heteroatoms. The van der Waals surface area contributed by atoms with Crippen molar-refractivity contribution < 1.29 is 92.1 Å². The SMILES string of the molecule is CC(=O)N(C)CC1CCOC1.CC(C)(C)C(=O)N1CC2(COC2)C1.CC(C)(C)N1CC(N2CCCC2)C1.CC(O)CN(C)C(=O)C(C)(C)C.CN(C)C(=O)C(C)(C)C.CN(CC(C)(C)O)C(=O)C(C)(C)C.CN(C[C@@H]1CCOC1)C(=O)C(C)(C)C.CN(C[C@H]1CCOC1)C(=O)C(C)(C)C.COCCCN(C)C(=O)C(C)(C)C.C[C@@H](O)CN(C)C(=O)C(C)(C)C.C[C@H](O)CN(C)C(=O)C(C)(C)C. The minimum absolute atomic E-state index is 0.0506. The maximum Gasteiger partial charge on any atom is 0.227 e. The van der Waals surface area contributed by atoms with E-state index in [4.69, 9.17) is 39.0 Å². The molecule has 6 atom stereocenters. The zero-order valence-corrected chi connectivity index (χ0v) is 95.8. The number of rotatable bonds is 19. The Morgan fingerprint density at radius 3 is 0.882 bits per heavy atom. The second kappa shape index (κ2) is 60.6. The molecule has 4 N–H and O–H groups in total. The quantitative estimate of drug-likeness (QED) is 0.0873. The summed E-state index contributed by atoms with van der Waals surface area (Å²) in [6.07, 6.45) is 5.64. The summed E-state index contributed by atoms with van der Waals surface area (Å²) in [4.78, 5) is 137. The van der Waals surface area contributed by atoms with E-state index < -0.39 is 23.9 Å². The van der Waals surface area contributed by atoms with Crippen molar-refractivity contribution in [2.45, 2.75) is 323 Å². The van der Waals surface area contributed by atoms with Gasteiger partial charge in [-0.1, -0.05) is 187 Å². The van der Waals surface area contributed by atoms with E-state index in [9.17, 15) is 53.1 Å². The Kier molecular flexibility index (Phi) is 60.9. The maximum atomic E-state index is 11.8. The number of hydrogen-bond donors (Lipinski definition) is 4. The van der Waals surface area contributed by atoms with Gasteiger partial charge in [-0.05, 0) is 107 Å². The summed E-state index contributed by atoms with van der Waals surface area (Å²) in [5, 5.41) is 36.6. The molecule has 1 spiro atoms. The molecule has 0 aromatic rings. The largest absolute Gasteiger partial charge is 0.392 e. The van der Waals surface area contributed by atoms with Crippen molar-refractivity contribution in [1.29, 1.82) is 0 Å². The molecule has 804 valence electrons. The molecule has 0 saturated carbocycles. The number of aliphatic hydroxyl groups is 4. The summed E-state index contributed by atoms with van der Waals surface area (Å²) >= 11 is 0. The van der Waals surface area contributed by atoms with Crippen molar-refractivity contribution in [3.05, 3.63) is 0 Å². The predicted octanol–water partition coefficient (Wildman–Crippen LogP) is 12.5. The molecule has 7 heterocycles. The Morgan fingerprint density at radius 2 is 0.669 bits per heavy atom. The van der Waals surface area contributed by atoms with E-state index >= 15 is 0 Å². The molecular weight excluding hydrogens is 1730 g/mol. The van der Waals surface area contributed by atoms with Crippen molar-refractivity contribution in [1.82, 2.24) is 58.8 Å². The molecule has 31 nitrogen and oxygen atoms in total. The number of amides is 10. The molecule has 7 aliphatic heterocycles. The Labute approximate surface area is 829 Å². The molecule has 0 aromatic carbocycles. The number of likely N-dealkylation sites (tertiary alicyclic amines) is 3. The fourth-order valence-corrected chi connectivity index (χ4v) is 15.3. The zero-order chi connectivity index (χ0) is 108. The summed E-state index contributed by atoms with van der Waals surface area (Å²) in [6.45, 7) is 87.9. The smallest absolute Gasteiger partial charge is 0.227 e. The highest BCUT2D eigenvalue weighted by atomic mass is 16.5. The highest BCUT2D eigenvalue weighted by Crippen LogP contribution is 2.40. The van der Waals surface area contributed by atoms with E-state index in [2.05, 4.69) is 30.6 Å². The van der Waals surface area contributed by atoms with Gasteiger partial charge in [0.1, 0.15) is 0 Å². The lowest BCUT2D eigenvalue weighted by molar-refractivity contribution is -0.199. The van der Waals surface area contributed by atoms with Gasteiger partial charge < -0.3 is 93.1 Å². The van der Waals surface area contributed by atoms with Gasteiger partial charge in [-0.3, -0.25) is 57.7 Å². The van der Waals surface area contributed by atoms with Crippen molar-refractivity contribution in [2.24, 2.45) is 71.9 Å². The summed E-state index contributed by atoms with van der Waals surface area (Å²) in [6, 6.07) is 0.877. The molecule has 0 aliphatic carbocycles. The zero-order valence-electron chi connectivity index (χ0n) is 95.8. The first-order valence-corrected chi connectivity index (χ1v) is 49.6. The van der Waals surface area contributed by atoms with Crippen LogP contribution in [0.15, 0.2) is 0 Å². The predicted molar refractivity (Wildman–Crippen MR) is 551 cm³/mol. The number of likely N-dealkylation sites (N-methyl/N-ethyl adjacent to an activating group) is 4. The standard InChI is InChI=1S/C11H22N2.2C11H21NO2.C10H17NO2.2C10H21NO2.3C9H19NO2.C8H15NO2.C7H15NO/c1-11(2,3)13-8-10(9-13)12-6-4-5-7-12;2*1-11(2,3)10(13)12(4)7-9-5-6-14-8-9;1-9(2,3)8(12)11-4-10(5-11)6-13-7-10;1-9(2,3)8(12)11(6)7-10(4,5)13;1-10(2,3)9(12)11(4)7-6-8-13-5;3*1-7(11)6-10(5)8(12)9(2,3)4;1-7(10)9(2)5-8-3-4-11-6-8;1-7(2,3)6(9)8(4)5/h10H,4-9H2,1-3H3;2*9H,5-8H2,1-4H3;4-7H2,1-3H3;13H,7H2,1-6H3;6-8H2,1-5H3;3*7,11H,6H2,1-5H3;8H,3-6H2,1-2H3;1-5H3/t;2*9-;;;;2*7-;;;/m.10...10.../s1. The first kappa shape index (κ1) is 137. The van der Waals surface area contributed by atoms with Gasteiger partial charge in [0.05, 0.1) is 62.4 Å². The molecule has 7 saturated heterocycles. The molecule has 0 bridgehead atoms. The summed E-state index contributed by atoms with van der Waals surface area (Å²) in [7, 11) is 19.5. The van der Waals surface area contributed by atoms with Gasteiger partial charge in [0.25, 0.3) is 0 Å². The van der Waals surface area contributed by atoms with E-state index in [1.54, 1.807) is 125 Å². The lowest BCUT2D eigenvalue weighted by Gasteiger charge is -2.56. The van der Waals surface area contributed by atoms with Crippen LogP contribution in [0, 0.1) is 71.9 Å². The maximum absolute atomic E-state index is 11.8. The van der Waals surface area contributed by atoms with Crippen LogP contribution in [0.1, 0.15) is 288 Å². The first-order chi connectivity index (χ1) is 61.0. The van der Waals surface area contributed by atoms with Crippen LogP contribution >= 0.6 is 0 Å². The highest BCUT2D eigenvalue weighted by molar-refractivity contribution is 5.85. The molecule has 0 aromatic heterocycles. The minimum atomic E-state index is -0.824. The monoisotopic (exact) mass is 1940 g/mol. The van der Waals surface area contributed by atoms with E-state index in [0.29, 0.717) is 61.5 Å². The average molecular weight is 1940 g/mol. The summed E-state index contributed by atoms with van der Waals surface area (Å²) in [5.74, 6) is 3.04. The third kappa shape index (κ3) is 59.9. The number of carbonyl (C=O) groups is 10. The summed E-state index contributed by atoms with van der Waals surface area (Å²) < 4.78 is 25.8. The second-order valence-corrected chi connectivity index (χ2v) is 50.2. The second-order valence-electron chi connectivity index (χ2n) is 50.2. The van der Waals surface area contributed by atoms with Crippen LogP contribution in [-0.2, 0) is 71.6 Å². The average Bonchev–Trinajstić information content (AvgIpc) is 1.41. The van der Waals surface area contributed by atoms with Gasteiger partial charge in [-0.25, -0.2) is 0 Å². The number of ether oxygens (including phenoxy) is 5. The Bertz CT molecular complexity index is 3280. The van der Waals surface area contributed by atoms with E-state index in [1.807, 2.05) is 230 Å². The first-order valence-electron chi connectivity index (χ1n) is 49.6. The van der Waals surface area contributed by atoms with Gasteiger partial charge in [0.15, 0.2) is 0 Å². The lowest BCUT2D eigenvalue weighted by Crippen LogP contribution is -2.68. The normalized spacial score (nSPS) is 18.4. The van der Waals surface area contributed by atoms with E-state index in [1.165, 1.54) is 39.0 Å². The van der Waals surface area contributed by atoms with Crippen LogP contribution in [0.2, 0.25) is 0 Å². The Morgan fingerprint density at radius 1 is 0.390 bits per heavy atom. The van der Waals surface area contributed by atoms with Crippen LogP contribution < -0.4 is 0 Å². The fourth-order valence-electron chi connectivity index (χ4n) is 15.3. The Hall–Kier alpha value is -5.74. The molecule has 7 fully saturated rings. The molecule has 7 aliphatic rings. The molecule has 2 unspecified atom stereocenters. The molecule has 136 heavy (non-hydrogen) atoms. The van der Waals surface area contributed by atoms with E-state index in [-0.39, 0.29) is 108 Å². The van der Waals surface area contributed by atoms with Gasteiger partial charge >= 0.3 is 0 Å². The topological polar surface area (TPSA) is 337 Å². The third-order valence-corrected chi connectivity index (χ3v) is 22.5. The van der Waals surface area contributed by atoms with Crippen LogP contribution in [-0.4, -0.2) is 402 Å². The molecule has 0 radical (unpaired) electrons.